The quantitative estimate of drug-likeness (QED) is 0.0606. The molecule has 0 amide bonds. The average molecular weight is 722 g/mol. The Morgan fingerprint density at radius 2 is 0.740 bits per heavy atom. The summed E-state index contributed by atoms with van der Waals surface area (Å²) in [5.41, 5.74) is 5.96. The molecule has 0 aliphatic heterocycles. The van der Waals surface area contributed by atoms with Gasteiger partial charge >= 0.3 is 5.97 Å². The molecule has 0 saturated heterocycles. The average Bonchev–Trinajstić information content (AvgIpc) is 3.08. The minimum Gasteiger partial charge on any atom is -0.489 e. The third kappa shape index (κ3) is 33.0. The van der Waals surface area contributed by atoms with Crippen LogP contribution in [0.5, 0.6) is 5.75 Å². The molecule has 0 radical (unpaired) electrons. The molecule has 1 aromatic rings. The molecule has 0 heterocycles. The lowest BCUT2D eigenvalue weighted by molar-refractivity contribution is -0.156. The lowest BCUT2D eigenvalue weighted by Crippen LogP contribution is -2.24. The number of esters is 1. The van der Waals surface area contributed by atoms with Crippen LogP contribution in [0, 0.1) is 0 Å². The van der Waals surface area contributed by atoms with Crippen LogP contribution in [0.2, 0.25) is 0 Å². The molecule has 0 aliphatic carbocycles. The van der Waals surface area contributed by atoms with E-state index in [4.69, 9.17) is 67.3 Å². The standard InChI is InChI=1S/C35H63NO14/c1-35(2,3)50-34(37)8-9-38-10-11-39-12-13-40-14-15-41-16-17-42-18-19-43-20-21-44-22-23-45-24-25-46-26-27-47-28-29-48-30-31-49-33-7-5-4-6-32(33)36/h4-7H,8-31,36H2,1-3H3. The van der Waals surface area contributed by atoms with Crippen LogP contribution in [0.4, 0.5) is 5.69 Å². The monoisotopic (exact) mass is 721 g/mol. The minimum absolute atomic E-state index is 0.230. The van der Waals surface area contributed by atoms with Gasteiger partial charge in [0, 0.05) is 0 Å². The predicted molar refractivity (Wildman–Crippen MR) is 186 cm³/mol. The number of carbonyl (C=O) groups is 1. The molecule has 15 nitrogen and oxygen atoms in total. The Morgan fingerprint density at radius 3 is 1.04 bits per heavy atom. The first-order valence-corrected chi connectivity index (χ1v) is 17.4. The van der Waals surface area contributed by atoms with E-state index in [0.717, 1.165) is 0 Å². The van der Waals surface area contributed by atoms with Gasteiger partial charge in [0.15, 0.2) is 0 Å². The van der Waals surface area contributed by atoms with Crippen molar-refractivity contribution in [1.82, 2.24) is 0 Å². The Hall–Kier alpha value is -2.15. The van der Waals surface area contributed by atoms with E-state index in [-0.39, 0.29) is 12.4 Å². The third-order valence-electron chi connectivity index (χ3n) is 5.99. The Balaban J connectivity index is 1.64. The maximum absolute atomic E-state index is 11.6. The van der Waals surface area contributed by atoms with Gasteiger partial charge in [0.1, 0.15) is 18.0 Å². The molecule has 1 aromatic carbocycles. The van der Waals surface area contributed by atoms with E-state index in [2.05, 4.69) is 0 Å². The predicted octanol–water partition coefficient (Wildman–Crippen LogP) is 2.56. The van der Waals surface area contributed by atoms with E-state index < -0.39 is 5.60 Å². The van der Waals surface area contributed by atoms with E-state index in [9.17, 15) is 4.79 Å². The van der Waals surface area contributed by atoms with Crippen LogP contribution in [0.15, 0.2) is 24.3 Å². The molecule has 0 fully saturated rings. The van der Waals surface area contributed by atoms with Crippen LogP contribution in [0.3, 0.4) is 0 Å². The molecular formula is C35H63NO14. The van der Waals surface area contributed by atoms with Gasteiger partial charge in [-0.15, -0.1) is 0 Å². The van der Waals surface area contributed by atoms with Gasteiger partial charge in [0.2, 0.25) is 0 Å². The van der Waals surface area contributed by atoms with Gasteiger partial charge in [-0.1, -0.05) is 12.1 Å². The highest BCUT2D eigenvalue weighted by Gasteiger charge is 2.15. The molecule has 15 heteroatoms. The molecule has 50 heavy (non-hydrogen) atoms. The van der Waals surface area contributed by atoms with Crippen LogP contribution in [-0.4, -0.2) is 164 Å². The van der Waals surface area contributed by atoms with Crippen molar-refractivity contribution in [3.8, 4) is 5.75 Å². The van der Waals surface area contributed by atoms with Crippen LogP contribution in [0.1, 0.15) is 27.2 Å². The van der Waals surface area contributed by atoms with Crippen molar-refractivity contribution >= 4 is 11.7 Å². The van der Waals surface area contributed by atoms with Gasteiger partial charge in [-0.3, -0.25) is 4.79 Å². The molecule has 0 spiro atoms. The fourth-order valence-electron chi connectivity index (χ4n) is 3.67. The van der Waals surface area contributed by atoms with Gasteiger partial charge in [-0.05, 0) is 32.9 Å². The number of carbonyl (C=O) groups excluding carboxylic acids is 1. The van der Waals surface area contributed by atoms with Crippen molar-refractivity contribution in [2.75, 3.05) is 158 Å². The van der Waals surface area contributed by atoms with Crippen molar-refractivity contribution in [2.45, 2.75) is 32.8 Å². The summed E-state index contributed by atoms with van der Waals surface area (Å²) in [5, 5.41) is 0. The number of hydrogen-bond acceptors (Lipinski definition) is 15. The van der Waals surface area contributed by atoms with Crippen molar-refractivity contribution in [3.63, 3.8) is 0 Å². The van der Waals surface area contributed by atoms with Gasteiger partial charge in [-0.2, -0.15) is 0 Å². The summed E-state index contributed by atoms with van der Waals surface area (Å²) >= 11 is 0. The maximum Gasteiger partial charge on any atom is 0.308 e. The number of para-hydroxylation sites is 2. The number of nitrogen functional groups attached to an aromatic ring is 1. The fourth-order valence-corrected chi connectivity index (χ4v) is 3.67. The normalized spacial score (nSPS) is 11.7. The van der Waals surface area contributed by atoms with E-state index in [1.165, 1.54) is 0 Å². The lowest BCUT2D eigenvalue weighted by Gasteiger charge is -2.19. The van der Waals surface area contributed by atoms with Crippen LogP contribution in [0.25, 0.3) is 0 Å². The second-order valence-corrected chi connectivity index (χ2v) is 11.5. The second-order valence-electron chi connectivity index (χ2n) is 11.5. The summed E-state index contributed by atoms with van der Waals surface area (Å²) in [7, 11) is 0. The Labute approximate surface area is 298 Å². The zero-order valence-electron chi connectivity index (χ0n) is 30.6. The van der Waals surface area contributed by atoms with Crippen molar-refractivity contribution < 1.29 is 66.4 Å². The van der Waals surface area contributed by atoms with Gasteiger partial charge in [-0.25, -0.2) is 0 Å². The van der Waals surface area contributed by atoms with Crippen molar-refractivity contribution in [2.24, 2.45) is 0 Å². The third-order valence-corrected chi connectivity index (χ3v) is 5.99. The summed E-state index contributed by atoms with van der Waals surface area (Å²) < 4.78 is 70.8. The Morgan fingerprint density at radius 1 is 0.460 bits per heavy atom. The smallest absolute Gasteiger partial charge is 0.308 e. The van der Waals surface area contributed by atoms with Crippen LogP contribution >= 0.6 is 0 Å². The zero-order valence-corrected chi connectivity index (χ0v) is 30.6. The topological polar surface area (TPSA) is 163 Å². The summed E-state index contributed by atoms with van der Waals surface area (Å²) in [4.78, 5) is 11.6. The molecule has 292 valence electrons. The molecule has 0 aromatic heterocycles. The molecule has 1 rings (SSSR count). The number of benzene rings is 1. The summed E-state index contributed by atoms with van der Waals surface area (Å²) in [5.74, 6) is 0.398. The first-order chi connectivity index (χ1) is 24.4. The highest BCUT2D eigenvalue weighted by molar-refractivity contribution is 5.69. The summed E-state index contributed by atoms with van der Waals surface area (Å²) in [6.45, 7) is 16.4. The van der Waals surface area contributed by atoms with E-state index >= 15 is 0 Å². The van der Waals surface area contributed by atoms with E-state index in [0.29, 0.717) is 163 Å². The number of anilines is 1. The Bertz CT molecular complexity index is 889. The molecule has 2 N–H and O–H groups in total. The van der Waals surface area contributed by atoms with E-state index in [1.807, 2.05) is 39.0 Å². The summed E-state index contributed by atoms with van der Waals surface area (Å²) in [6.07, 6.45) is 0.230. The van der Waals surface area contributed by atoms with Gasteiger partial charge < -0.3 is 67.3 Å². The number of hydrogen-bond donors (Lipinski definition) is 1. The molecule has 0 atom stereocenters. The SMILES string of the molecule is CC(C)(C)OC(=O)CCOCCOCCOCCOCCOCCOCCOCCOCCOCCOCCOCCOc1ccccc1N. The lowest BCUT2D eigenvalue weighted by atomic mass is 10.2. The zero-order chi connectivity index (χ0) is 36.2. The van der Waals surface area contributed by atoms with Crippen LogP contribution < -0.4 is 10.5 Å². The largest absolute Gasteiger partial charge is 0.489 e. The van der Waals surface area contributed by atoms with Crippen molar-refractivity contribution in [1.29, 1.82) is 0 Å². The van der Waals surface area contributed by atoms with Crippen molar-refractivity contribution in [3.05, 3.63) is 24.3 Å². The first-order valence-electron chi connectivity index (χ1n) is 17.4. The molecule has 0 unspecified atom stereocenters. The second kappa shape index (κ2) is 34.0. The fraction of sp³-hybridized carbons (Fsp3) is 0.800. The Kier molecular flexibility index (Phi) is 31.2. The maximum atomic E-state index is 11.6. The van der Waals surface area contributed by atoms with Crippen LogP contribution in [-0.2, 0) is 61.6 Å². The summed E-state index contributed by atoms with van der Waals surface area (Å²) in [6, 6.07) is 7.37. The number of ether oxygens (including phenoxy) is 13. The highest BCUT2D eigenvalue weighted by atomic mass is 16.6. The molecular weight excluding hydrogens is 658 g/mol. The number of rotatable bonds is 37. The van der Waals surface area contributed by atoms with Gasteiger partial charge in [0.05, 0.1) is 157 Å². The molecule has 0 saturated carbocycles. The highest BCUT2D eigenvalue weighted by Crippen LogP contribution is 2.19. The minimum atomic E-state index is -0.476. The van der Waals surface area contributed by atoms with E-state index in [1.54, 1.807) is 6.07 Å². The molecule has 0 bridgehead atoms. The van der Waals surface area contributed by atoms with Gasteiger partial charge in [0.25, 0.3) is 0 Å². The molecule has 0 aliphatic rings. The number of nitrogens with two attached hydrogens (primary N) is 1. The first kappa shape index (κ1) is 45.9.